The van der Waals surface area contributed by atoms with Crippen molar-refractivity contribution in [1.82, 2.24) is 4.90 Å². The Hall–Kier alpha value is -1.39. The molecule has 0 unspecified atom stereocenters. The first-order valence-electron chi connectivity index (χ1n) is 6.52. The zero-order chi connectivity index (χ0) is 13.2. The van der Waals surface area contributed by atoms with Gasteiger partial charge < -0.3 is 5.73 Å². The van der Waals surface area contributed by atoms with Crippen LogP contribution in [0.3, 0.4) is 0 Å². The largest absolute Gasteiger partial charge is 0.396 e. The highest BCUT2D eigenvalue weighted by Gasteiger charge is 2.29. The van der Waals surface area contributed by atoms with Crippen LogP contribution in [0.4, 0.5) is 10.1 Å². The summed E-state index contributed by atoms with van der Waals surface area (Å²) >= 11 is 1.71. The van der Waals surface area contributed by atoms with Gasteiger partial charge in [-0.15, -0.1) is 0 Å². The lowest BCUT2D eigenvalue weighted by atomic mass is 10.1. The molecule has 1 fully saturated rings. The van der Waals surface area contributed by atoms with Crippen molar-refractivity contribution in [2.45, 2.75) is 32.0 Å². The molecule has 100 valence electrons. The van der Waals surface area contributed by atoms with E-state index in [1.807, 2.05) is 6.07 Å². The maximum Gasteiger partial charge on any atom is 0.146 e. The Morgan fingerprint density at radius 2 is 2.11 bits per heavy atom. The molecule has 1 aliphatic carbocycles. The number of nitrogen functional groups attached to an aromatic ring is 1. The summed E-state index contributed by atoms with van der Waals surface area (Å²) in [4.78, 5) is 2.40. The number of rotatable bonds is 5. The molecule has 2 aromatic rings. The molecule has 1 heterocycles. The zero-order valence-corrected chi connectivity index (χ0v) is 11.5. The van der Waals surface area contributed by atoms with Gasteiger partial charge in [0.2, 0.25) is 0 Å². The van der Waals surface area contributed by atoms with E-state index in [9.17, 15) is 4.39 Å². The van der Waals surface area contributed by atoms with Gasteiger partial charge in [-0.3, -0.25) is 4.90 Å². The minimum absolute atomic E-state index is 0.290. The molecule has 1 saturated carbocycles. The number of halogens is 1. The molecule has 0 bridgehead atoms. The summed E-state index contributed by atoms with van der Waals surface area (Å²) in [5.74, 6) is -0.316. The average Bonchev–Trinajstić information content (AvgIpc) is 3.13. The lowest BCUT2D eigenvalue weighted by Gasteiger charge is -2.22. The van der Waals surface area contributed by atoms with Crippen molar-refractivity contribution in [2.75, 3.05) is 5.73 Å². The summed E-state index contributed by atoms with van der Waals surface area (Å²) in [6.07, 6.45) is 2.47. The lowest BCUT2D eigenvalue weighted by molar-refractivity contribution is 0.246. The molecule has 0 atom stereocenters. The van der Waals surface area contributed by atoms with Gasteiger partial charge in [0, 0.05) is 19.1 Å². The summed E-state index contributed by atoms with van der Waals surface area (Å²) in [6, 6.07) is 7.84. The van der Waals surface area contributed by atoms with Crippen LogP contribution in [-0.4, -0.2) is 10.9 Å². The van der Waals surface area contributed by atoms with Gasteiger partial charge in [-0.05, 0) is 46.9 Å². The summed E-state index contributed by atoms with van der Waals surface area (Å²) in [6.45, 7) is 1.65. The van der Waals surface area contributed by atoms with Gasteiger partial charge in [0.25, 0.3) is 0 Å². The second-order valence-corrected chi connectivity index (χ2v) is 5.86. The molecule has 2 nitrogen and oxygen atoms in total. The van der Waals surface area contributed by atoms with Crippen LogP contribution in [0.5, 0.6) is 0 Å². The molecule has 0 spiro atoms. The zero-order valence-electron chi connectivity index (χ0n) is 10.7. The number of benzene rings is 1. The molecule has 0 aliphatic heterocycles. The Kier molecular flexibility index (Phi) is 3.53. The molecule has 2 N–H and O–H groups in total. The third-order valence-corrected chi connectivity index (χ3v) is 4.28. The van der Waals surface area contributed by atoms with Crippen molar-refractivity contribution in [2.24, 2.45) is 0 Å². The monoisotopic (exact) mass is 276 g/mol. The Morgan fingerprint density at radius 3 is 2.79 bits per heavy atom. The van der Waals surface area contributed by atoms with Crippen LogP contribution in [0.25, 0.3) is 0 Å². The molecular weight excluding hydrogens is 259 g/mol. The molecule has 1 aromatic heterocycles. The van der Waals surface area contributed by atoms with Crippen LogP contribution in [0.1, 0.15) is 24.0 Å². The Morgan fingerprint density at radius 1 is 1.26 bits per heavy atom. The normalized spacial score (nSPS) is 15.1. The van der Waals surface area contributed by atoms with Crippen molar-refractivity contribution in [3.8, 4) is 0 Å². The molecule has 3 rings (SSSR count). The first-order chi connectivity index (χ1) is 9.24. The fraction of sp³-hybridized carbons (Fsp3) is 0.333. The predicted molar refractivity (Wildman–Crippen MR) is 77.4 cm³/mol. The number of hydrogen-bond acceptors (Lipinski definition) is 3. The average molecular weight is 276 g/mol. The van der Waals surface area contributed by atoms with Gasteiger partial charge in [0.15, 0.2) is 0 Å². The van der Waals surface area contributed by atoms with Crippen molar-refractivity contribution in [1.29, 1.82) is 0 Å². The molecule has 0 radical (unpaired) electrons. The molecule has 1 aromatic carbocycles. The Labute approximate surface area is 116 Å². The van der Waals surface area contributed by atoms with E-state index in [2.05, 4.69) is 21.7 Å². The van der Waals surface area contributed by atoms with E-state index in [0.29, 0.717) is 11.7 Å². The highest BCUT2D eigenvalue weighted by atomic mass is 32.1. The quantitative estimate of drug-likeness (QED) is 0.845. The van der Waals surface area contributed by atoms with Gasteiger partial charge in [0.1, 0.15) is 5.82 Å². The van der Waals surface area contributed by atoms with Gasteiger partial charge >= 0.3 is 0 Å². The number of thiophene rings is 1. The fourth-order valence-corrected chi connectivity index (χ4v) is 2.97. The molecule has 4 heteroatoms. The number of anilines is 1. The van der Waals surface area contributed by atoms with Crippen LogP contribution in [0.2, 0.25) is 0 Å². The van der Waals surface area contributed by atoms with Crippen LogP contribution in [0.15, 0.2) is 35.0 Å². The maximum absolute atomic E-state index is 13.5. The summed E-state index contributed by atoms with van der Waals surface area (Å²) in [5, 5.41) is 4.27. The van der Waals surface area contributed by atoms with E-state index in [4.69, 9.17) is 5.73 Å². The highest BCUT2D eigenvalue weighted by Crippen LogP contribution is 2.31. The maximum atomic E-state index is 13.5. The van der Waals surface area contributed by atoms with E-state index in [0.717, 1.165) is 18.7 Å². The smallest absolute Gasteiger partial charge is 0.146 e. The van der Waals surface area contributed by atoms with Crippen LogP contribution >= 0.6 is 11.3 Å². The molecule has 0 saturated heterocycles. The molecular formula is C15H17FN2S. The topological polar surface area (TPSA) is 29.3 Å². The Bertz CT molecular complexity index is 549. The first-order valence-corrected chi connectivity index (χ1v) is 7.46. The Balaban J connectivity index is 1.76. The third-order valence-electron chi connectivity index (χ3n) is 3.55. The van der Waals surface area contributed by atoms with E-state index < -0.39 is 0 Å². The van der Waals surface area contributed by atoms with E-state index >= 15 is 0 Å². The summed E-state index contributed by atoms with van der Waals surface area (Å²) < 4.78 is 13.5. The SMILES string of the molecule is Nc1c(F)cccc1CN(Cc1ccsc1)C1CC1. The fourth-order valence-electron chi connectivity index (χ4n) is 2.31. The third kappa shape index (κ3) is 2.96. The van der Waals surface area contributed by atoms with Crippen LogP contribution in [0, 0.1) is 5.82 Å². The summed E-state index contributed by atoms with van der Waals surface area (Å²) in [5.41, 5.74) is 8.33. The van der Waals surface area contributed by atoms with Crippen molar-refractivity contribution >= 4 is 17.0 Å². The first kappa shape index (κ1) is 12.6. The standard InChI is InChI=1S/C15H17FN2S/c16-14-3-1-2-12(15(14)17)9-18(13-4-5-13)8-11-6-7-19-10-11/h1-3,6-7,10,13H,4-5,8-9,17H2. The number of nitrogens with zero attached hydrogens (tertiary/aromatic N) is 1. The van der Waals surface area contributed by atoms with E-state index in [1.54, 1.807) is 17.4 Å². The second-order valence-electron chi connectivity index (χ2n) is 5.08. The predicted octanol–water partition coefficient (Wildman–Crippen LogP) is 3.63. The van der Waals surface area contributed by atoms with Gasteiger partial charge in [-0.2, -0.15) is 11.3 Å². The van der Waals surface area contributed by atoms with Gasteiger partial charge in [0.05, 0.1) is 5.69 Å². The number of nitrogens with two attached hydrogens (primary N) is 1. The van der Waals surface area contributed by atoms with Gasteiger partial charge in [-0.25, -0.2) is 4.39 Å². The number of para-hydroxylation sites is 1. The van der Waals surface area contributed by atoms with Crippen molar-refractivity contribution in [3.05, 3.63) is 52.0 Å². The summed E-state index contributed by atoms with van der Waals surface area (Å²) in [7, 11) is 0. The van der Waals surface area contributed by atoms with Gasteiger partial charge in [-0.1, -0.05) is 12.1 Å². The number of hydrogen-bond donors (Lipinski definition) is 1. The molecule has 1 aliphatic rings. The van der Waals surface area contributed by atoms with Crippen molar-refractivity contribution < 1.29 is 4.39 Å². The lowest BCUT2D eigenvalue weighted by Crippen LogP contribution is -2.25. The minimum Gasteiger partial charge on any atom is -0.396 e. The van der Waals surface area contributed by atoms with Crippen molar-refractivity contribution in [3.63, 3.8) is 0 Å². The molecule has 19 heavy (non-hydrogen) atoms. The van der Waals surface area contributed by atoms with Crippen LogP contribution in [-0.2, 0) is 13.1 Å². The van der Waals surface area contributed by atoms with Crippen LogP contribution < -0.4 is 5.73 Å². The highest BCUT2D eigenvalue weighted by molar-refractivity contribution is 7.07. The minimum atomic E-state index is -0.316. The molecule has 0 amide bonds. The second kappa shape index (κ2) is 5.31. The van der Waals surface area contributed by atoms with E-state index in [1.165, 1.54) is 24.5 Å². The van der Waals surface area contributed by atoms with E-state index in [-0.39, 0.29) is 5.82 Å².